The Kier molecular flexibility index (Phi) is 4.48. The molecular formula is C15H22O4. The Morgan fingerprint density at radius 3 is 2.53 bits per heavy atom. The van der Waals surface area contributed by atoms with Gasteiger partial charge in [0.2, 0.25) is 0 Å². The SMILES string of the molecule is CC(=CCO)C(=O)CC1C(C)(O)C=CC(=O)C1(C)C. The standard InChI is InChI=1S/C15H22O4/c1-10(6-8-16)11(17)9-12-14(2,3)13(18)5-7-15(12,4)19/h5-7,12,16,19H,8-9H2,1-4H3. The van der Waals surface area contributed by atoms with Crippen molar-refractivity contribution in [1.82, 2.24) is 0 Å². The number of carbonyl (C=O) groups is 2. The van der Waals surface area contributed by atoms with Crippen molar-refractivity contribution in [3.8, 4) is 0 Å². The number of aliphatic hydroxyl groups is 2. The van der Waals surface area contributed by atoms with Gasteiger partial charge in [-0.2, -0.15) is 0 Å². The zero-order valence-electron chi connectivity index (χ0n) is 11.9. The summed E-state index contributed by atoms with van der Waals surface area (Å²) in [6.07, 6.45) is 4.37. The van der Waals surface area contributed by atoms with Crippen LogP contribution in [0.1, 0.15) is 34.1 Å². The van der Waals surface area contributed by atoms with Crippen LogP contribution < -0.4 is 0 Å². The maximum Gasteiger partial charge on any atom is 0.161 e. The summed E-state index contributed by atoms with van der Waals surface area (Å²) in [5.41, 5.74) is -1.52. The van der Waals surface area contributed by atoms with Crippen molar-refractivity contribution in [3.63, 3.8) is 0 Å². The summed E-state index contributed by atoms with van der Waals surface area (Å²) in [6.45, 7) is 6.54. The van der Waals surface area contributed by atoms with E-state index < -0.39 is 16.9 Å². The molecule has 0 saturated carbocycles. The second-order valence-corrected chi connectivity index (χ2v) is 5.89. The first-order valence-corrected chi connectivity index (χ1v) is 6.39. The van der Waals surface area contributed by atoms with Crippen molar-refractivity contribution in [2.24, 2.45) is 11.3 Å². The lowest BCUT2D eigenvalue weighted by Gasteiger charge is -2.43. The minimum atomic E-state index is -1.19. The second kappa shape index (κ2) is 5.39. The predicted octanol–water partition coefficient (Wildman–Crippen LogP) is 1.42. The molecule has 0 spiro atoms. The van der Waals surface area contributed by atoms with Gasteiger partial charge in [0, 0.05) is 17.8 Å². The molecule has 0 fully saturated rings. The van der Waals surface area contributed by atoms with Crippen LogP contribution in [0.15, 0.2) is 23.8 Å². The van der Waals surface area contributed by atoms with Crippen LogP contribution in [-0.2, 0) is 9.59 Å². The summed E-state index contributed by atoms with van der Waals surface area (Å²) in [4.78, 5) is 24.0. The van der Waals surface area contributed by atoms with Gasteiger partial charge in [-0.1, -0.05) is 19.9 Å². The van der Waals surface area contributed by atoms with Gasteiger partial charge in [0.25, 0.3) is 0 Å². The molecule has 106 valence electrons. The third kappa shape index (κ3) is 3.19. The molecule has 4 heteroatoms. The Morgan fingerprint density at radius 2 is 2.00 bits per heavy atom. The fourth-order valence-corrected chi connectivity index (χ4v) is 2.54. The summed E-state index contributed by atoms with van der Waals surface area (Å²) in [7, 11) is 0. The van der Waals surface area contributed by atoms with Gasteiger partial charge in [-0.25, -0.2) is 0 Å². The van der Waals surface area contributed by atoms with E-state index >= 15 is 0 Å². The molecule has 0 heterocycles. The van der Waals surface area contributed by atoms with Crippen LogP contribution in [0.4, 0.5) is 0 Å². The van der Waals surface area contributed by atoms with Gasteiger partial charge in [0.1, 0.15) is 0 Å². The number of allylic oxidation sites excluding steroid dienone is 2. The molecule has 0 aromatic heterocycles. The first-order chi connectivity index (χ1) is 8.63. The molecule has 0 aromatic carbocycles. The van der Waals surface area contributed by atoms with E-state index in [4.69, 9.17) is 5.11 Å². The number of ketones is 2. The highest BCUT2D eigenvalue weighted by atomic mass is 16.3. The van der Waals surface area contributed by atoms with E-state index in [2.05, 4.69) is 0 Å². The molecule has 19 heavy (non-hydrogen) atoms. The van der Waals surface area contributed by atoms with E-state index in [1.807, 2.05) is 0 Å². The number of hydrogen-bond acceptors (Lipinski definition) is 4. The lowest BCUT2D eigenvalue weighted by atomic mass is 9.62. The van der Waals surface area contributed by atoms with Gasteiger partial charge in [-0.05, 0) is 31.6 Å². The van der Waals surface area contributed by atoms with E-state index in [9.17, 15) is 14.7 Å². The lowest BCUT2D eigenvalue weighted by Crippen LogP contribution is -2.49. The summed E-state index contributed by atoms with van der Waals surface area (Å²) >= 11 is 0. The number of carbonyl (C=O) groups excluding carboxylic acids is 2. The monoisotopic (exact) mass is 266 g/mol. The molecule has 1 aliphatic rings. The third-order valence-corrected chi connectivity index (χ3v) is 4.01. The fraction of sp³-hybridized carbons (Fsp3) is 0.600. The largest absolute Gasteiger partial charge is 0.392 e. The highest BCUT2D eigenvalue weighted by Gasteiger charge is 2.48. The molecule has 4 nitrogen and oxygen atoms in total. The van der Waals surface area contributed by atoms with Gasteiger partial charge in [0.05, 0.1) is 12.2 Å². The van der Waals surface area contributed by atoms with Gasteiger partial charge in [-0.3, -0.25) is 9.59 Å². The average Bonchev–Trinajstić information content (AvgIpc) is 2.30. The van der Waals surface area contributed by atoms with E-state index in [1.165, 1.54) is 18.2 Å². The molecule has 0 saturated heterocycles. The topological polar surface area (TPSA) is 74.6 Å². The van der Waals surface area contributed by atoms with Gasteiger partial charge < -0.3 is 10.2 Å². The Balaban J connectivity index is 3.03. The first-order valence-electron chi connectivity index (χ1n) is 6.39. The van der Waals surface area contributed by atoms with Crippen LogP contribution in [-0.4, -0.2) is 34.0 Å². The van der Waals surface area contributed by atoms with Crippen molar-refractivity contribution in [2.75, 3.05) is 6.61 Å². The molecule has 2 N–H and O–H groups in total. The van der Waals surface area contributed by atoms with Crippen LogP contribution in [0.2, 0.25) is 0 Å². The second-order valence-electron chi connectivity index (χ2n) is 5.89. The van der Waals surface area contributed by atoms with Crippen LogP contribution in [0.5, 0.6) is 0 Å². The maximum absolute atomic E-state index is 12.1. The predicted molar refractivity (Wildman–Crippen MR) is 72.5 cm³/mol. The highest BCUT2D eigenvalue weighted by molar-refractivity contribution is 5.98. The molecule has 0 aromatic rings. The van der Waals surface area contributed by atoms with E-state index in [1.54, 1.807) is 27.7 Å². The van der Waals surface area contributed by atoms with Crippen molar-refractivity contribution in [1.29, 1.82) is 0 Å². The smallest absolute Gasteiger partial charge is 0.161 e. The summed E-state index contributed by atoms with van der Waals surface area (Å²) in [5, 5.41) is 19.2. The van der Waals surface area contributed by atoms with Crippen molar-refractivity contribution in [3.05, 3.63) is 23.8 Å². The number of Topliss-reactive ketones (excluding diaryl/α,β-unsaturated/α-hetero) is 1. The Labute approximate surface area is 113 Å². The Morgan fingerprint density at radius 1 is 1.42 bits per heavy atom. The Bertz CT molecular complexity index is 441. The lowest BCUT2D eigenvalue weighted by molar-refractivity contribution is -0.135. The van der Waals surface area contributed by atoms with E-state index in [0.29, 0.717) is 5.57 Å². The van der Waals surface area contributed by atoms with E-state index in [0.717, 1.165) is 0 Å². The van der Waals surface area contributed by atoms with Crippen LogP contribution >= 0.6 is 0 Å². The van der Waals surface area contributed by atoms with E-state index in [-0.39, 0.29) is 24.6 Å². The fourth-order valence-electron chi connectivity index (χ4n) is 2.54. The normalized spacial score (nSPS) is 30.5. The molecule has 1 aliphatic carbocycles. The Hall–Kier alpha value is -1.26. The molecule has 1 rings (SSSR count). The molecule has 0 radical (unpaired) electrons. The first kappa shape index (κ1) is 15.8. The van der Waals surface area contributed by atoms with Crippen LogP contribution in [0, 0.1) is 11.3 Å². The molecular weight excluding hydrogens is 244 g/mol. The third-order valence-electron chi connectivity index (χ3n) is 4.01. The number of hydrogen-bond donors (Lipinski definition) is 2. The average molecular weight is 266 g/mol. The molecule has 2 unspecified atom stereocenters. The quantitative estimate of drug-likeness (QED) is 0.755. The highest BCUT2D eigenvalue weighted by Crippen LogP contribution is 2.43. The molecule has 0 bridgehead atoms. The maximum atomic E-state index is 12.1. The van der Waals surface area contributed by atoms with Gasteiger partial charge in [0.15, 0.2) is 11.6 Å². The van der Waals surface area contributed by atoms with Crippen LogP contribution in [0.25, 0.3) is 0 Å². The zero-order valence-corrected chi connectivity index (χ0v) is 11.9. The van der Waals surface area contributed by atoms with Crippen molar-refractivity contribution >= 4 is 11.6 Å². The molecule has 0 aliphatic heterocycles. The van der Waals surface area contributed by atoms with Crippen molar-refractivity contribution < 1.29 is 19.8 Å². The minimum Gasteiger partial charge on any atom is -0.392 e. The number of rotatable bonds is 4. The summed E-state index contributed by atoms with van der Waals surface area (Å²) in [6, 6.07) is 0. The zero-order chi connectivity index (χ0) is 14.8. The van der Waals surface area contributed by atoms with Gasteiger partial charge >= 0.3 is 0 Å². The number of aliphatic hydroxyl groups excluding tert-OH is 1. The molecule has 0 amide bonds. The van der Waals surface area contributed by atoms with Crippen LogP contribution in [0.3, 0.4) is 0 Å². The molecule has 2 atom stereocenters. The summed E-state index contributed by atoms with van der Waals surface area (Å²) in [5.74, 6) is -0.719. The summed E-state index contributed by atoms with van der Waals surface area (Å²) < 4.78 is 0. The van der Waals surface area contributed by atoms with Crippen molar-refractivity contribution in [2.45, 2.75) is 39.7 Å². The van der Waals surface area contributed by atoms with Gasteiger partial charge in [-0.15, -0.1) is 0 Å². The minimum absolute atomic E-state index is 0.0818.